The van der Waals surface area contributed by atoms with E-state index < -0.39 is 47.7 Å². The summed E-state index contributed by atoms with van der Waals surface area (Å²) in [5.41, 5.74) is 1.64. The van der Waals surface area contributed by atoms with Crippen molar-refractivity contribution in [3.05, 3.63) is 58.7 Å². The van der Waals surface area contributed by atoms with Crippen LogP contribution in [-0.4, -0.2) is 75.9 Å². The fraction of sp³-hybridized carbons (Fsp3) is 0.694. The van der Waals surface area contributed by atoms with Crippen LogP contribution >= 0.6 is 0 Å². The first-order valence-electron chi connectivity index (χ1n) is 16.4. The SMILES string of the molecule is CC1=C[C@H]2C(=O)O[C@H]3C[C@@H](C/C=C(/C)C[C@@H](C)/C=C\C=C4CO[C@H]([C@@H]1O)[C@@]42O)O[C@]1(C3)C[C@H](O)[C@H](C)[C@@H](/C(C)=C\C(C)C)O1. The Hall–Kier alpha value is -2.07. The summed E-state index contributed by atoms with van der Waals surface area (Å²) in [4.78, 5) is 14.0. The summed E-state index contributed by atoms with van der Waals surface area (Å²) in [5, 5.41) is 34.3. The van der Waals surface area contributed by atoms with Crippen LogP contribution in [0.1, 0.15) is 80.6 Å². The van der Waals surface area contributed by atoms with Crippen LogP contribution in [0.4, 0.5) is 0 Å². The van der Waals surface area contributed by atoms with Crippen molar-refractivity contribution < 1.29 is 39.1 Å². The Bertz CT molecular complexity index is 1240. The maximum Gasteiger partial charge on any atom is 0.316 e. The predicted octanol–water partition coefficient (Wildman–Crippen LogP) is 5.09. The molecule has 3 N–H and O–H groups in total. The van der Waals surface area contributed by atoms with Crippen molar-refractivity contribution in [1.29, 1.82) is 0 Å². The Balaban J connectivity index is 1.52. The molecule has 0 aromatic carbocycles. The van der Waals surface area contributed by atoms with E-state index in [4.69, 9.17) is 18.9 Å². The van der Waals surface area contributed by atoms with E-state index in [1.165, 1.54) is 5.57 Å². The average molecular weight is 613 g/mol. The fourth-order valence-electron chi connectivity index (χ4n) is 7.85. The highest BCUT2D eigenvalue weighted by molar-refractivity contribution is 5.78. The van der Waals surface area contributed by atoms with Gasteiger partial charge in [-0.05, 0) is 62.2 Å². The second-order valence-corrected chi connectivity index (χ2v) is 14.4. The van der Waals surface area contributed by atoms with E-state index in [9.17, 15) is 20.1 Å². The van der Waals surface area contributed by atoms with Gasteiger partial charge in [-0.2, -0.15) is 0 Å². The molecule has 1 spiro atoms. The molecule has 0 unspecified atom stereocenters. The van der Waals surface area contributed by atoms with Crippen LogP contribution in [0.5, 0.6) is 0 Å². The predicted molar refractivity (Wildman–Crippen MR) is 167 cm³/mol. The van der Waals surface area contributed by atoms with Gasteiger partial charge in [0.2, 0.25) is 0 Å². The summed E-state index contributed by atoms with van der Waals surface area (Å²) in [5.74, 6) is -2.31. The maximum absolute atomic E-state index is 14.0. The van der Waals surface area contributed by atoms with Crippen molar-refractivity contribution in [2.75, 3.05) is 6.61 Å². The second kappa shape index (κ2) is 13.0. The van der Waals surface area contributed by atoms with Gasteiger partial charge >= 0.3 is 5.97 Å². The number of hydrogen-bond donors (Lipinski definition) is 3. The quantitative estimate of drug-likeness (QED) is 0.292. The molecule has 244 valence electrons. The van der Waals surface area contributed by atoms with Crippen LogP contribution in [0.2, 0.25) is 0 Å². The normalized spacial score (nSPS) is 45.6. The number of esters is 1. The molecule has 4 aliphatic heterocycles. The smallest absolute Gasteiger partial charge is 0.316 e. The van der Waals surface area contributed by atoms with E-state index in [2.05, 4.69) is 45.9 Å². The highest BCUT2D eigenvalue weighted by Gasteiger charge is 2.60. The highest BCUT2D eigenvalue weighted by Crippen LogP contribution is 2.47. The molecule has 3 fully saturated rings. The van der Waals surface area contributed by atoms with Gasteiger partial charge in [0.05, 0.1) is 24.9 Å². The largest absolute Gasteiger partial charge is 0.462 e. The molecule has 0 radical (unpaired) electrons. The molecular weight excluding hydrogens is 560 g/mol. The number of rotatable bonds is 2. The van der Waals surface area contributed by atoms with Gasteiger partial charge in [0, 0.05) is 25.2 Å². The third-order valence-corrected chi connectivity index (χ3v) is 10.1. The standard InChI is InChI=1S/C36H52O8/c1-20(2)13-24(6)32-25(7)30(37)18-35(44-32)17-28-16-27(43-35)12-11-22(4)14-21(3)9-8-10-26-19-41-33-31(38)23(5)15-29(34(39)42-28)36(26,33)40/h8-11,13,15,20-21,25,27-33,37-38,40H,12,14,16-19H2,1-7H3/b9-8-,22-11-,24-13-,26-10?/t21-,25-,27+,28-,29-,30-,31+,32+,33+,35-,36+/m0/s1. The van der Waals surface area contributed by atoms with Crippen LogP contribution < -0.4 is 0 Å². The third-order valence-electron chi connectivity index (χ3n) is 10.1. The van der Waals surface area contributed by atoms with E-state index in [1.54, 1.807) is 13.0 Å². The molecule has 11 atom stereocenters. The molecule has 4 heterocycles. The Labute approximate surface area is 262 Å². The summed E-state index contributed by atoms with van der Waals surface area (Å²) < 4.78 is 25.7. The van der Waals surface area contributed by atoms with Crippen molar-refractivity contribution in [2.24, 2.45) is 23.7 Å². The fourth-order valence-corrected chi connectivity index (χ4v) is 7.85. The zero-order chi connectivity index (χ0) is 32.0. The molecule has 0 aromatic rings. The minimum absolute atomic E-state index is 0.109. The molecule has 0 amide bonds. The lowest BCUT2D eigenvalue weighted by Gasteiger charge is -2.51. The van der Waals surface area contributed by atoms with Gasteiger partial charge in [-0.25, -0.2) is 0 Å². The first kappa shape index (κ1) is 33.3. The Morgan fingerprint density at radius 3 is 2.59 bits per heavy atom. The third kappa shape index (κ3) is 6.58. The van der Waals surface area contributed by atoms with Crippen LogP contribution in [0.25, 0.3) is 0 Å². The second-order valence-electron chi connectivity index (χ2n) is 14.4. The summed E-state index contributed by atoms with van der Waals surface area (Å²) in [6.07, 6.45) is 10.4. The van der Waals surface area contributed by atoms with Crippen molar-refractivity contribution in [3.8, 4) is 0 Å². The topological polar surface area (TPSA) is 115 Å². The minimum Gasteiger partial charge on any atom is -0.462 e. The number of ether oxygens (including phenoxy) is 4. The minimum atomic E-state index is -1.74. The lowest BCUT2D eigenvalue weighted by molar-refractivity contribution is -0.342. The molecule has 5 rings (SSSR count). The maximum atomic E-state index is 14.0. The molecule has 3 saturated heterocycles. The first-order chi connectivity index (χ1) is 20.7. The molecule has 1 aliphatic carbocycles. The van der Waals surface area contributed by atoms with E-state index in [1.807, 2.05) is 26.0 Å². The Morgan fingerprint density at radius 1 is 1.11 bits per heavy atom. The van der Waals surface area contributed by atoms with Crippen molar-refractivity contribution in [1.82, 2.24) is 0 Å². The average Bonchev–Trinajstić information content (AvgIpc) is 3.27. The Kier molecular flexibility index (Phi) is 9.82. The molecule has 44 heavy (non-hydrogen) atoms. The zero-order valence-corrected chi connectivity index (χ0v) is 27.4. The van der Waals surface area contributed by atoms with Gasteiger partial charge in [-0.3, -0.25) is 4.79 Å². The number of hydrogen-bond acceptors (Lipinski definition) is 8. The monoisotopic (exact) mass is 612 g/mol. The summed E-state index contributed by atoms with van der Waals surface area (Å²) >= 11 is 0. The van der Waals surface area contributed by atoms with Gasteiger partial charge in [-0.1, -0.05) is 69.7 Å². The van der Waals surface area contributed by atoms with Crippen LogP contribution in [0.3, 0.4) is 0 Å². The molecule has 5 aliphatic rings. The molecule has 2 bridgehead atoms. The number of carbonyl (C=O) groups is 1. The summed E-state index contributed by atoms with van der Waals surface area (Å²) in [6.45, 7) is 14.4. The zero-order valence-electron chi connectivity index (χ0n) is 27.4. The van der Waals surface area contributed by atoms with Gasteiger partial charge in [-0.15, -0.1) is 0 Å². The van der Waals surface area contributed by atoms with Crippen LogP contribution in [-0.2, 0) is 23.7 Å². The molecular formula is C36H52O8. The summed E-state index contributed by atoms with van der Waals surface area (Å²) in [6, 6.07) is 0. The van der Waals surface area contributed by atoms with Gasteiger partial charge in [0.25, 0.3) is 0 Å². The van der Waals surface area contributed by atoms with Crippen molar-refractivity contribution in [3.63, 3.8) is 0 Å². The molecule has 0 aromatic heterocycles. The van der Waals surface area contributed by atoms with Crippen molar-refractivity contribution >= 4 is 5.97 Å². The van der Waals surface area contributed by atoms with E-state index >= 15 is 0 Å². The first-order valence-corrected chi connectivity index (χ1v) is 16.4. The number of aliphatic hydroxyl groups excluding tert-OH is 2. The van der Waals surface area contributed by atoms with Crippen LogP contribution in [0, 0.1) is 23.7 Å². The highest BCUT2D eigenvalue weighted by atomic mass is 16.7. The number of allylic oxidation sites excluding steroid dienone is 5. The number of fused-ring (bicyclic) bond motifs is 2. The van der Waals surface area contributed by atoms with E-state index in [0.717, 1.165) is 12.0 Å². The van der Waals surface area contributed by atoms with Gasteiger partial charge < -0.3 is 34.3 Å². The lowest BCUT2D eigenvalue weighted by Crippen LogP contribution is -2.59. The Morgan fingerprint density at radius 2 is 1.86 bits per heavy atom. The summed E-state index contributed by atoms with van der Waals surface area (Å²) in [7, 11) is 0. The number of carbonyl (C=O) groups excluding carboxylic acids is 1. The number of aliphatic hydroxyl groups is 3. The van der Waals surface area contributed by atoms with E-state index in [-0.39, 0.29) is 43.5 Å². The van der Waals surface area contributed by atoms with Gasteiger partial charge in [0.15, 0.2) is 5.79 Å². The van der Waals surface area contributed by atoms with Crippen LogP contribution in [0.15, 0.2) is 58.7 Å². The van der Waals surface area contributed by atoms with E-state index in [0.29, 0.717) is 29.9 Å². The molecule has 8 nitrogen and oxygen atoms in total. The molecule has 0 saturated carbocycles. The van der Waals surface area contributed by atoms with Gasteiger partial charge in [0.1, 0.15) is 29.8 Å². The molecule has 8 heteroatoms. The lowest BCUT2D eigenvalue weighted by atomic mass is 9.71. The van der Waals surface area contributed by atoms with Crippen molar-refractivity contribution in [2.45, 2.75) is 129 Å².